The molecular weight excluding hydrogens is 417 g/mol. The molecule has 158 valence electrons. The lowest BCUT2D eigenvalue weighted by Gasteiger charge is -2.34. The maximum absolute atomic E-state index is 13.6. The molecule has 0 bridgehead atoms. The van der Waals surface area contributed by atoms with Gasteiger partial charge in [-0.2, -0.15) is 4.31 Å². The van der Waals surface area contributed by atoms with Gasteiger partial charge in [-0.3, -0.25) is 9.69 Å². The average molecular weight is 442 g/mol. The SMILES string of the molecule is Cc1ccc(S(=O)(=O)N2CCN(CCNC(=O)c3ccccc3F)CC2)cc1.Cl. The van der Waals surface area contributed by atoms with E-state index in [2.05, 4.69) is 10.2 Å². The summed E-state index contributed by atoms with van der Waals surface area (Å²) < 4.78 is 40.5. The van der Waals surface area contributed by atoms with Gasteiger partial charge in [0.25, 0.3) is 5.91 Å². The highest BCUT2D eigenvalue weighted by Crippen LogP contribution is 2.18. The van der Waals surface area contributed by atoms with Gasteiger partial charge >= 0.3 is 0 Å². The Morgan fingerprint density at radius 2 is 1.66 bits per heavy atom. The van der Waals surface area contributed by atoms with Crippen LogP contribution in [0.25, 0.3) is 0 Å². The van der Waals surface area contributed by atoms with E-state index in [0.29, 0.717) is 44.2 Å². The molecule has 0 atom stereocenters. The first-order valence-electron chi connectivity index (χ1n) is 9.20. The number of carbonyl (C=O) groups is 1. The molecule has 1 amide bonds. The van der Waals surface area contributed by atoms with Crippen molar-refractivity contribution in [2.45, 2.75) is 11.8 Å². The van der Waals surface area contributed by atoms with Gasteiger partial charge in [0.15, 0.2) is 0 Å². The third-order valence-corrected chi connectivity index (χ3v) is 6.73. The van der Waals surface area contributed by atoms with E-state index in [1.165, 1.54) is 22.5 Å². The van der Waals surface area contributed by atoms with Crippen molar-refractivity contribution in [1.29, 1.82) is 0 Å². The summed E-state index contributed by atoms with van der Waals surface area (Å²) in [5.74, 6) is -0.992. The predicted molar refractivity (Wildman–Crippen MR) is 112 cm³/mol. The van der Waals surface area contributed by atoms with Crippen LogP contribution < -0.4 is 5.32 Å². The van der Waals surface area contributed by atoms with E-state index in [0.717, 1.165) is 5.56 Å². The number of benzene rings is 2. The first kappa shape index (κ1) is 23.3. The first-order valence-corrected chi connectivity index (χ1v) is 10.6. The molecule has 1 heterocycles. The van der Waals surface area contributed by atoms with Crippen LogP contribution >= 0.6 is 12.4 Å². The van der Waals surface area contributed by atoms with Crippen molar-refractivity contribution in [3.63, 3.8) is 0 Å². The molecule has 29 heavy (non-hydrogen) atoms. The van der Waals surface area contributed by atoms with Gasteiger partial charge in [0.05, 0.1) is 10.5 Å². The van der Waals surface area contributed by atoms with Gasteiger partial charge in [-0.15, -0.1) is 12.4 Å². The number of aryl methyl sites for hydroxylation is 1. The second-order valence-electron chi connectivity index (χ2n) is 6.79. The minimum Gasteiger partial charge on any atom is -0.351 e. The molecule has 1 saturated heterocycles. The fourth-order valence-corrected chi connectivity index (χ4v) is 4.54. The van der Waals surface area contributed by atoms with Gasteiger partial charge in [0.2, 0.25) is 10.0 Å². The zero-order valence-electron chi connectivity index (χ0n) is 16.2. The summed E-state index contributed by atoms with van der Waals surface area (Å²) in [6.45, 7) is 4.84. The van der Waals surface area contributed by atoms with Crippen LogP contribution in [0.2, 0.25) is 0 Å². The number of hydrogen-bond donors (Lipinski definition) is 1. The number of carbonyl (C=O) groups excluding carboxylic acids is 1. The third kappa shape index (κ3) is 5.76. The zero-order valence-corrected chi connectivity index (χ0v) is 17.8. The highest BCUT2D eigenvalue weighted by molar-refractivity contribution is 7.89. The van der Waals surface area contributed by atoms with Crippen molar-refractivity contribution in [3.8, 4) is 0 Å². The van der Waals surface area contributed by atoms with E-state index < -0.39 is 21.7 Å². The molecule has 9 heteroatoms. The monoisotopic (exact) mass is 441 g/mol. The topological polar surface area (TPSA) is 69.7 Å². The molecule has 0 saturated carbocycles. The fraction of sp³-hybridized carbons (Fsp3) is 0.350. The molecule has 2 aromatic rings. The number of rotatable bonds is 6. The molecule has 1 aliphatic heterocycles. The van der Waals surface area contributed by atoms with Gasteiger partial charge in [-0.1, -0.05) is 29.8 Å². The molecule has 1 fully saturated rings. The standard InChI is InChI=1S/C20H24FN3O3S.ClH/c1-16-6-8-17(9-7-16)28(26,27)24-14-12-23(13-15-24)11-10-22-20(25)18-4-2-3-5-19(18)21;/h2-9H,10-15H2,1H3,(H,22,25);1H. The Morgan fingerprint density at radius 3 is 2.28 bits per heavy atom. The van der Waals surface area contributed by atoms with E-state index in [1.807, 2.05) is 6.92 Å². The second-order valence-corrected chi connectivity index (χ2v) is 8.73. The lowest BCUT2D eigenvalue weighted by molar-refractivity contribution is 0.0941. The van der Waals surface area contributed by atoms with Crippen LogP contribution in [0.1, 0.15) is 15.9 Å². The highest BCUT2D eigenvalue weighted by atomic mass is 35.5. The molecule has 6 nitrogen and oxygen atoms in total. The van der Waals surface area contributed by atoms with Gasteiger partial charge in [0.1, 0.15) is 5.82 Å². The quantitative estimate of drug-likeness (QED) is 0.746. The van der Waals surface area contributed by atoms with Crippen LogP contribution in [0.15, 0.2) is 53.4 Å². The number of nitrogens with one attached hydrogen (secondary N) is 1. The molecule has 3 rings (SSSR count). The summed E-state index contributed by atoms with van der Waals surface area (Å²) in [5, 5.41) is 2.71. The fourth-order valence-electron chi connectivity index (χ4n) is 3.12. The molecule has 0 aliphatic carbocycles. The summed E-state index contributed by atoms with van der Waals surface area (Å²) in [5.41, 5.74) is 1.04. The molecule has 2 aromatic carbocycles. The van der Waals surface area contributed by atoms with E-state index in [-0.39, 0.29) is 18.0 Å². The Balaban J connectivity index is 0.00000300. The second kappa shape index (κ2) is 10.2. The number of piperazine rings is 1. The van der Waals surface area contributed by atoms with Crippen LogP contribution in [0, 0.1) is 12.7 Å². The maximum Gasteiger partial charge on any atom is 0.254 e. The first-order chi connectivity index (χ1) is 13.4. The van der Waals surface area contributed by atoms with Crippen LogP contribution in [0.4, 0.5) is 4.39 Å². The Morgan fingerprint density at radius 1 is 1.03 bits per heavy atom. The van der Waals surface area contributed by atoms with Gasteiger partial charge in [-0.25, -0.2) is 12.8 Å². The smallest absolute Gasteiger partial charge is 0.254 e. The van der Waals surface area contributed by atoms with Crippen molar-refractivity contribution in [1.82, 2.24) is 14.5 Å². The van der Waals surface area contributed by atoms with Crippen LogP contribution in [-0.2, 0) is 10.0 Å². The van der Waals surface area contributed by atoms with Crippen molar-refractivity contribution in [2.75, 3.05) is 39.3 Å². The summed E-state index contributed by atoms with van der Waals surface area (Å²) in [4.78, 5) is 14.4. The van der Waals surface area contributed by atoms with Gasteiger partial charge in [-0.05, 0) is 31.2 Å². The van der Waals surface area contributed by atoms with Crippen LogP contribution in [0.5, 0.6) is 0 Å². The lowest BCUT2D eigenvalue weighted by Crippen LogP contribution is -2.50. The van der Waals surface area contributed by atoms with E-state index in [4.69, 9.17) is 0 Å². The van der Waals surface area contributed by atoms with Gasteiger partial charge in [0, 0.05) is 39.3 Å². The van der Waals surface area contributed by atoms with Crippen LogP contribution in [-0.4, -0.2) is 62.8 Å². The summed E-state index contributed by atoms with van der Waals surface area (Å²) in [6, 6.07) is 12.7. The number of sulfonamides is 1. The average Bonchev–Trinajstić information content (AvgIpc) is 2.69. The molecule has 0 radical (unpaired) electrons. The van der Waals surface area contributed by atoms with Crippen LogP contribution in [0.3, 0.4) is 0 Å². The van der Waals surface area contributed by atoms with E-state index in [9.17, 15) is 17.6 Å². The summed E-state index contributed by atoms with van der Waals surface area (Å²) >= 11 is 0. The molecule has 0 spiro atoms. The molecule has 1 aliphatic rings. The van der Waals surface area contributed by atoms with Crippen molar-refractivity contribution in [2.24, 2.45) is 0 Å². The Bertz CT molecular complexity index is 930. The number of nitrogens with zero attached hydrogens (tertiary/aromatic N) is 2. The Kier molecular flexibility index (Phi) is 8.15. The highest BCUT2D eigenvalue weighted by Gasteiger charge is 2.28. The summed E-state index contributed by atoms with van der Waals surface area (Å²) in [7, 11) is -3.48. The van der Waals surface area contributed by atoms with Crippen molar-refractivity contribution < 1.29 is 17.6 Å². The minimum absolute atomic E-state index is 0. The maximum atomic E-state index is 13.6. The van der Waals surface area contributed by atoms with E-state index >= 15 is 0 Å². The number of hydrogen-bond acceptors (Lipinski definition) is 4. The summed E-state index contributed by atoms with van der Waals surface area (Å²) in [6.07, 6.45) is 0. The minimum atomic E-state index is -3.48. The third-order valence-electron chi connectivity index (χ3n) is 4.82. The number of halogens is 2. The molecule has 0 aromatic heterocycles. The lowest BCUT2D eigenvalue weighted by atomic mass is 10.2. The Labute approximate surface area is 177 Å². The zero-order chi connectivity index (χ0) is 20.1. The Hall–Kier alpha value is -2.00. The van der Waals surface area contributed by atoms with Gasteiger partial charge < -0.3 is 5.32 Å². The predicted octanol–water partition coefficient (Wildman–Crippen LogP) is 2.29. The largest absolute Gasteiger partial charge is 0.351 e. The van der Waals surface area contributed by atoms with E-state index in [1.54, 1.807) is 30.3 Å². The molecular formula is C20H25ClFN3O3S. The normalized spacial score (nSPS) is 15.5. The van der Waals surface area contributed by atoms with Crippen molar-refractivity contribution in [3.05, 3.63) is 65.5 Å². The molecule has 0 unspecified atom stereocenters. The van der Waals surface area contributed by atoms with Crippen molar-refractivity contribution >= 4 is 28.3 Å². The molecule has 1 N–H and O–H groups in total. The number of amides is 1.